The van der Waals surface area contributed by atoms with Crippen LogP contribution in [0.15, 0.2) is 78.8 Å². The van der Waals surface area contributed by atoms with Crippen LogP contribution < -0.4 is 0 Å². The van der Waals surface area contributed by atoms with Gasteiger partial charge in [-0.1, -0.05) is 79.2 Å². The zero-order valence-corrected chi connectivity index (χ0v) is 20.0. The normalized spacial score (nSPS) is 15.3. The topological polar surface area (TPSA) is 63.6 Å². The Kier molecular flexibility index (Phi) is 6.73. The monoisotopic (exact) mass is 435 g/mol. The average molecular weight is 436 g/mol. The third-order valence-corrected chi connectivity index (χ3v) is 12.6. The van der Waals surface area contributed by atoms with E-state index in [4.69, 9.17) is 0 Å². The molecule has 2 aromatic rings. The van der Waals surface area contributed by atoms with Gasteiger partial charge in [0.15, 0.2) is 0 Å². The van der Waals surface area contributed by atoms with Gasteiger partial charge >= 0.3 is 0 Å². The largest absolute Gasteiger partial charge is 0.290 e. The SMILES string of the molecule is Cc1ccc(S(=O)(=O)N=S(=O)(/C(=C/C(C)C)[Si](C)(C)C)c2ccccc2)cc1. The maximum Gasteiger partial charge on any atom is 0.290 e. The number of aryl methyl sites for hydroxylation is 1. The van der Waals surface area contributed by atoms with E-state index in [0.29, 0.717) is 9.42 Å². The standard InChI is InChI=1S/C21H29NO3S2Si/c1-17(2)16-21(28(4,5)6)26(23,19-10-8-7-9-11-19)22-27(24,25)20-14-12-18(3)13-15-20/h7-17H,1-6H3/b21-16-. The number of hydrogen-bond donors (Lipinski definition) is 0. The molecule has 0 heterocycles. The molecule has 1 atom stereocenters. The van der Waals surface area contributed by atoms with Crippen LogP contribution in [0.4, 0.5) is 0 Å². The minimum atomic E-state index is -4.09. The van der Waals surface area contributed by atoms with Crippen molar-refractivity contribution in [3.05, 3.63) is 70.8 Å². The molecule has 0 saturated heterocycles. The molecule has 0 aliphatic heterocycles. The minimum Gasteiger partial charge on any atom is -0.239 e. The molecule has 28 heavy (non-hydrogen) atoms. The average Bonchev–Trinajstić information content (AvgIpc) is 2.59. The molecule has 0 N–H and O–H groups in total. The van der Waals surface area contributed by atoms with Crippen molar-refractivity contribution >= 4 is 27.8 Å². The summed E-state index contributed by atoms with van der Waals surface area (Å²) in [5.41, 5.74) is 0.949. The Morgan fingerprint density at radius 3 is 1.89 bits per heavy atom. The van der Waals surface area contributed by atoms with Gasteiger partial charge in [-0.3, -0.25) is 0 Å². The third-order valence-electron chi connectivity index (χ3n) is 4.11. The second kappa shape index (κ2) is 8.35. The van der Waals surface area contributed by atoms with Gasteiger partial charge in [0, 0.05) is 4.53 Å². The first-order valence-corrected chi connectivity index (χ1v) is 15.7. The van der Waals surface area contributed by atoms with Crippen LogP contribution in [-0.2, 0) is 19.8 Å². The fourth-order valence-corrected chi connectivity index (χ4v) is 11.4. The lowest BCUT2D eigenvalue weighted by molar-refractivity contribution is 0.598. The molecule has 7 heteroatoms. The number of benzene rings is 2. The van der Waals surface area contributed by atoms with E-state index in [2.05, 4.69) is 23.4 Å². The zero-order valence-electron chi connectivity index (χ0n) is 17.3. The van der Waals surface area contributed by atoms with Crippen molar-refractivity contribution in [3.8, 4) is 0 Å². The summed E-state index contributed by atoms with van der Waals surface area (Å²) in [6.07, 6.45) is 1.94. The zero-order chi connectivity index (χ0) is 21.2. The smallest absolute Gasteiger partial charge is 0.239 e. The highest BCUT2D eigenvalue weighted by molar-refractivity contribution is 8.07. The molecule has 2 rings (SSSR count). The second-order valence-corrected chi connectivity index (χ2v) is 17.6. The molecule has 0 fully saturated rings. The number of hydrogen-bond acceptors (Lipinski definition) is 3. The molecular formula is C21H29NO3S2Si. The molecule has 0 radical (unpaired) electrons. The Morgan fingerprint density at radius 2 is 1.43 bits per heavy atom. The van der Waals surface area contributed by atoms with E-state index in [1.54, 1.807) is 36.4 Å². The van der Waals surface area contributed by atoms with Crippen LogP contribution in [0.5, 0.6) is 0 Å². The van der Waals surface area contributed by atoms with Gasteiger partial charge in [-0.15, -0.1) is 0 Å². The summed E-state index contributed by atoms with van der Waals surface area (Å²) < 4.78 is 45.3. The maximum absolute atomic E-state index is 14.3. The lowest BCUT2D eigenvalue weighted by Crippen LogP contribution is -2.30. The molecular weight excluding hydrogens is 406 g/mol. The van der Waals surface area contributed by atoms with Crippen molar-refractivity contribution in [2.45, 2.75) is 50.2 Å². The summed E-state index contributed by atoms with van der Waals surface area (Å²) in [4.78, 5) is 0.487. The quantitative estimate of drug-likeness (QED) is 0.553. The minimum absolute atomic E-state index is 0.0567. The van der Waals surface area contributed by atoms with Gasteiger partial charge in [-0.25, -0.2) is 4.21 Å². The van der Waals surface area contributed by atoms with Crippen LogP contribution in [0.1, 0.15) is 19.4 Å². The lowest BCUT2D eigenvalue weighted by atomic mass is 10.2. The summed E-state index contributed by atoms with van der Waals surface area (Å²) in [7, 11) is -9.56. The molecule has 0 aliphatic carbocycles. The van der Waals surface area contributed by atoms with E-state index in [9.17, 15) is 12.6 Å². The Hall–Kier alpha value is -1.70. The van der Waals surface area contributed by atoms with E-state index in [-0.39, 0.29) is 10.8 Å². The molecule has 1 unspecified atom stereocenters. The summed E-state index contributed by atoms with van der Waals surface area (Å²) in [6, 6.07) is 15.2. The first-order valence-electron chi connectivity index (χ1n) is 9.24. The van der Waals surface area contributed by atoms with Crippen LogP contribution in [-0.4, -0.2) is 20.7 Å². The number of sulfonamides is 1. The van der Waals surface area contributed by atoms with Gasteiger partial charge in [0.25, 0.3) is 10.0 Å². The molecule has 4 nitrogen and oxygen atoms in total. The van der Waals surface area contributed by atoms with Gasteiger partial charge in [-0.2, -0.15) is 8.42 Å². The van der Waals surface area contributed by atoms with Crippen molar-refractivity contribution < 1.29 is 12.6 Å². The van der Waals surface area contributed by atoms with Crippen LogP contribution in [0.2, 0.25) is 19.6 Å². The van der Waals surface area contributed by atoms with Crippen LogP contribution in [0, 0.1) is 12.8 Å². The maximum atomic E-state index is 14.3. The predicted octanol–water partition coefficient (Wildman–Crippen LogP) is 5.63. The highest BCUT2D eigenvalue weighted by atomic mass is 32.3. The Labute approximate surface area is 171 Å². The van der Waals surface area contributed by atoms with Crippen LogP contribution in [0.3, 0.4) is 0 Å². The molecule has 0 aromatic heterocycles. The highest BCUT2D eigenvalue weighted by Crippen LogP contribution is 2.32. The van der Waals surface area contributed by atoms with Crippen molar-refractivity contribution in [2.24, 2.45) is 9.69 Å². The summed E-state index contributed by atoms with van der Waals surface area (Å²) in [5.74, 6) is 0.128. The number of nitrogens with zero attached hydrogens (tertiary/aromatic N) is 1. The van der Waals surface area contributed by atoms with Crippen molar-refractivity contribution in [2.75, 3.05) is 0 Å². The van der Waals surface area contributed by atoms with E-state index in [1.807, 2.05) is 32.9 Å². The lowest BCUT2D eigenvalue weighted by Gasteiger charge is -2.25. The molecule has 0 amide bonds. The van der Waals surface area contributed by atoms with E-state index < -0.39 is 27.8 Å². The number of allylic oxidation sites excluding steroid dienone is 1. The van der Waals surface area contributed by atoms with Gasteiger partial charge in [0.1, 0.15) is 9.73 Å². The van der Waals surface area contributed by atoms with Gasteiger partial charge in [0.05, 0.1) is 17.9 Å². The summed E-state index contributed by atoms with van der Waals surface area (Å²) >= 11 is 0. The van der Waals surface area contributed by atoms with Crippen molar-refractivity contribution in [1.29, 1.82) is 0 Å². The van der Waals surface area contributed by atoms with Gasteiger partial charge in [-0.05, 0) is 37.1 Å². The molecule has 0 aliphatic rings. The van der Waals surface area contributed by atoms with E-state index in [0.717, 1.165) is 5.56 Å². The van der Waals surface area contributed by atoms with E-state index in [1.165, 1.54) is 12.1 Å². The Morgan fingerprint density at radius 1 is 0.893 bits per heavy atom. The van der Waals surface area contributed by atoms with Crippen LogP contribution in [0.25, 0.3) is 0 Å². The molecule has 0 saturated carbocycles. The van der Waals surface area contributed by atoms with Crippen molar-refractivity contribution in [3.63, 3.8) is 0 Å². The molecule has 0 bridgehead atoms. The Balaban J connectivity index is 2.89. The molecule has 152 valence electrons. The van der Waals surface area contributed by atoms with E-state index >= 15 is 0 Å². The Bertz CT molecular complexity index is 1070. The van der Waals surface area contributed by atoms with Crippen LogP contribution >= 0.6 is 0 Å². The predicted molar refractivity (Wildman–Crippen MR) is 120 cm³/mol. The van der Waals surface area contributed by atoms with Gasteiger partial charge in [0.2, 0.25) is 0 Å². The fraction of sp³-hybridized carbons (Fsp3) is 0.333. The number of rotatable bonds is 6. The van der Waals surface area contributed by atoms with Gasteiger partial charge < -0.3 is 0 Å². The first-order chi connectivity index (χ1) is 12.9. The fourth-order valence-electron chi connectivity index (χ4n) is 2.77. The summed E-state index contributed by atoms with van der Waals surface area (Å²) in [6.45, 7) is 12.1. The second-order valence-electron chi connectivity index (χ2n) is 8.23. The molecule has 2 aromatic carbocycles. The first kappa shape index (κ1) is 22.6. The third kappa shape index (κ3) is 5.21. The van der Waals surface area contributed by atoms with Crippen molar-refractivity contribution in [1.82, 2.24) is 0 Å². The summed E-state index contributed by atoms with van der Waals surface area (Å²) in [5, 5.41) is 0. The highest BCUT2D eigenvalue weighted by Gasteiger charge is 2.33. The molecule has 0 spiro atoms.